The van der Waals surface area contributed by atoms with E-state index < -0.39 is 0 Å². The molecule has 0 atom stereocenters. The van der Waals surface area contributed by atoms with Gasteiger partial charge in [-0.05, 0) is 87.0 Å². The SMILES string of the molecule is c1ccc(-c2ccc(-c3nc(-c4ccc(-c5ccccc5)cc4)nc(-c4cc(N(c5ccc(-c6ccccc6)cc5)c5ccc(-c6ccccc6)cc5)c5c(c4)oc4ccccc45)n3)cc2)cc1. The van der Waals surface area contributed by atoms with Gasteiger partial charge in [-0.25, -0.2) is 15.0 Å². The Kier molecular flexibility index (Phi) is 10.5. The minimum atomic E-state index is 0.534. The second-order valence-electron chi connectivity index (χ2n) is 16.8. The molecule has 0 saturated carbocycles. The number of benzene rings is 10. The Morgan fingerprint density at radius 1 is 0.265 bits per heavy atom. The lowest BCUT2D eigenvalue weighted by Crippen LogP contribution is -2.11. The summed E-state index contributed by atoms with van der Waals surface area (Å²) in [7, 11) is 0. The molecule has 320 valence electrons. The number of fused-ring (bicyclic) bond motifs is 3. The summed E-state index contributed by atoms with van der Waals surface area (Å²) in [6.07, 6.45) is 0. The van der Waals surface area contributed by atoms with Crippen LogP contribution in [0.3, 0.4) is 0 Å². The van der Waals surface area contributed by atoms with Gasteiger partial charge in [-0.1, -0.05) is 212 Å². The minimum absolute atomic E-state index is 0.534. The maximum Gasteiger partial charge on any atom is 0.164 e. The van der Waals surface area contributed by atoms with Gasteiger partial charge in [0, 0.05) is 33.5 Å². The zero-order valence-corrected chi connectivity index (χ0v) is 36.9. The highest BCUT2D eigenvalue weighted by Crippen LogP contribution is 2.46. The molecule has 0 fully saturated rings. The summed E-state index contributed by atoms with van der Waals surface area (Å²) < 4.78 is 6.77. The van der Waals surface area contributed by atoms with Crippen molar-refractivity contribution in [3.05, 3.63) is 255 Å². The molecule has 0 N–H and O–H groups in total. The van der Waals surface area contributed by atoms with Gasteiger partial charge >= 0.3 is 0 Å². The summed E-state index contributed by atoms with van der Waals surface area (Å²) in [5, 5.41) is 2.01. The lowest BCUT2D eigenvalue weighted by atomic mass is 10.0. The first-order valence-corrected chi connectivity index (χ1v) is 22.8. The van der Waals surface area contributed by atoms with Crippen LogP contribution in [0.2, 0.25) is 0 Å². The van der Waals surface area contributed by atoms with Crippen molar-refractivity contribution in [2.24, 2.45) is 0 Å². The highest BCUT2D eigenvalue weighted by atomic mass is 16.3. The number of furan rings is 1. The number of para-hydroxylation sites is 1. The van der Waals surface area contributed by atoms with E-state index in [9.17, 15) is 0 Å². The molecular weight excluding hydrogens is 829 g/mol. The Balaban J connectivity index is 1.05. The summed E-state index contributed by atoms with van der Waals surface area (Å²) in [5.74, 6) is 1.69. The first-order chi connectivity index (χ1) is 33.7. The van der Waals surface area contributed by atoms with Crippen LogP contribution in [0.25, 0.3) is 101 Å². The first-order valence-electron chi connectivity index (χ1n) is 22.8. The van der Waals surface area contributed by atoms with Crippen LogP contribution >= 0.6 is 0 Å². The fraction of sp³-hybridized carbons (Fsp3) is 0. The molecular formula is C63H42N4O. The molecule has 12 rings (SSSR count). The van der Waals surface area contributed by atoms with Crippen LogP contribution in [0.15, 0.2) is 259 Å². The molecule has 0 aliphatic rings. The van der Waals surface area contributed by atoms with Crippen molar-refractivity contribution in [2.75, 3.05) is 4.90 Å². The molecule has 0 bridgehead atoms. The third-order valence-electron chi connectivity index (χ3n) is 12.6. The average molecular weight is 871 g/mol. The zero-order chi connectivity index (χ0) is 45.2. The van der Waals surface area contributed by atoms with Gasteiger partial charge < -0.3 is 9.32 Å². The number of hydrogen-bond donors (Lipinski definition) is 0. The molecule has 5 heteroatoms. The van der Waals surface area contributed by atoms with Crippen LogP contribution in [-0.2, 0) is 0 Å². The summed E-state index contributed by atoms with van der Waals surface area (Å²) in [4.78, 5) is 18.1. The quantitative estimate of drug-likeness (QED) is 0.137. The minimum Gasteiger partial charge on any atom is -0.456 e. The largest absolute Gasteiger partial charge is 0.456 e. The van der Waals surface area contributed by atoms with E-state index in [0.29, 0.717) is 17.5 Å². The van der Waals surface area contributed by atoms with E-state index in [4.69, 9.17) is 19.4 Å². The van der Waals surface area contributed by atoms with Crippen LogP contribution in [-0.4, -0.2) is 15.0 Å². The monoisotopic (exact) mass is 870 g/mol. The molecule has 2 aromatic heterocycles. The number of hydrogen-bond acceptors (Lipinski definition) is 5. The van der Waals surface area contributed by atoms with E-state index >= 15 is 0 Å². The van der Waals surface area contributed by atoms with Crippen molar-refractivity contribution in [2.45, 2.75) is 0 Å². The third kappa shape index (κ3) is 7.88. The van der Waals surface area contributed by atoms with Gasteiger partial charge in [-0.3, -0.25) is 0 Å². The summed E-state index contributed by atoms with van der Waals surface area (Å²) in [5.41, 5.74) is 16.2. The van der Waals surface area contributed by atoms with Crippen LogP contribution in [0.5, 0.6) is 0 Å². The Hall–Kier alpha value is -9.19. The van der Waals surface area contributed by atoms with Gasteiger partial charge in [0.05, 0.1) is 11.1 Å². The summed E-state index contributed by atoms with van der Waals surface area (Å²) >= 11 is 0. The van der Waals surface area contributed by atoms with Crippen molar-refractivity contribution < 1.29 is 4.42 Å². The molecule has 5 nitrogen and oxygen atoms in total. The highest BCUT2D eigenvalue weighted by molar-refractivity contribution is 6.14. The lowest BCUT2D eigenvalue weighted by molar-refractivity contribution is 0.669. The molecule has 2 heterocycles. The first kappa shape index (κ1) is 40.3. The van der Waals surface area contributed by atoms with Gasteiger partial charge in [0.15, 0.2) is 17.5 Å². The normalized spacial score (nSPS) is 11.2. The number of aromatic nitrogens is 3. The van der Waals surface area contributed by atoms with E-state index in [1.807, 2.05) is 36.4 Å². The third-order valence-corrected chi connectivity index (χ3v) is 12.6. The molecule has 0 aliphatic carbocycles. The predicted octanol–water partition coefficient (Wildman–Crippen LogP) is 16.9. The van der Waals surface area contributed by atoms with Crippen LogP contribution in [0.4, 0.5) is 17.1 Å². The summed E-state index contributed by atoms with van der Waals surface area (Å²) in [6.45, 7) is 0. The van der Waals surface area contributed by atoms with Crippen LogP contribution in [0, 0.1) is 0 Å². The van der Waals surface area contributed by atoms with E-state index in [1.165, 1.54) is 0 Å². The standard InChI is InChI=1S/C63H42N4O/c1-5-15-43(16-6-1)47-25-29-51(30-26-47)61-64-62(52-31-27-48(28-32-52)44-17-7-2-8-18-44)66-63(65-61)53-41-57(60-56-23-13-14-24-58(56)68-59(60)42-53)67(54-37-33-49(34-38-54)45-19-9-3-10-20-45)55-39-35-50(36-40-55)46-21-11-4-12-22-46/h1-42H. The van der Waals surface area contributed by atoms with E-state index in [-0.39, 0.29) is 0 Å². The summed E-state index contributed by atoms with van der Waals surface area (Å²) in [6, 6.07) is 88.8. The van der Waals surface area contributed by atoms with Crippen LogP contribution in [0.1, 0.15) is 0 Å². The Labute approximate surface area is 395 Å². The molecule has 0 aliphatic heterocycles. The zero-order valence-electron chi connectivity index (χ0n) is 36.9. The number of nitrogens with zero attached hydrogens (tertiary/aromatic N) is 4. The van der Waals surface area contributed by atoms with Gasteiger partial charge in [0.2, 0.25) is 0 Å². The van der Waals surface area contributed by atoms with Crippen LogP contribution < -0.4 is 4.90 Å². The van der Waals surface area contributed by atoms with Crippen molar-refractivity contribution in [1.29, 1.82) is 0 Å². The van der Waals surface area contributed by atoms with Gasteiger partial charge in [-0.15, -0.1) is 0 Å². The van der Waals surface area contributed by atoms with E-state index in [0.717, 1.165) is 100 Å². The molecule has 0 spiro atoms. The molecule has 10 aromatic carbocycles. The molecule has 0 saturated heterocycles. The Morgan fingerprint density at radius 2 is 0.588 bits per heavy atom. The average Bonchev–Trinajstić information content (AvgIpc) is 3.81. The van der Waals surface area contributed by atoms with Crippen molar-refractivity contribution in [1.82, 2.24) is 15.0 Å². The maximum absolute atomic E-state index is 6.77. The second-order valence-corrected chi connectivity index (χ2v) is 16.8. The van der Waals surface area contributed by atoms with Gasteiger partial charge in [0.1, 0.15) is 11.2 Å². The second kappa shape index (κ2) is 17.7. The van der Waals surface area contributed by atoms with Crippen molar-refractivity contribution in [3.63, 3.8) is 0 Å². The molecule has 0 amide bonds. The Morgan fingerprint density at radius 3 is 1.00 bits per heavy atom. The van der Waals surface area contributed by atoms with E-state index in [2.05, 4.69) is 223 Å². The molecule has 0 unspecified atom stereocenters. The topological polar surface area (TPSA) is 55.1 Å². The fourth-order valence-electron chi connectivity index (χ4n) is 9.08. The molecule has 68 heavy (non-hydrogen) atoms. The highest BCUT2D eigenvalue weighted by Gasteiger charge is 2.23. The number of rotatable bonds is 10. The fourth-order valence-corrected chi connectivity index (χ4v) is 9.08. The lowest BCUT2D eigenvalue weighted by Gasteiger charge is -2.27. The molecule has 0 radical (unpaired) electrons. The van der Waals surface area contributed by atoms with Crippen molar-refractivity contribution >= 4 is 39.0 Å². The smallest absolute Gasteiger partial charge is 0.164 e. The van der Waals surface area contributed by atoms with Gasteiger partial charge in [0.25, 0.3) is 0 Å². The maximum atomic E-state index is 6.77. The molecule has 12 aromatic rings. The van der Waals surface area contributed by atoms with E-state index in [1.54, 1.807) is 0 Å². The number of anilines is 3. The van der Waals surface area contributed by atoms with Gasteiger partial charge in [-0.2, -0.15) is 0 Å². The predicted molar refractivity (Wildman–Crippen MR) is 280 cm³/mol. The Bertz CT molecular complexity index is 3490. The van der Waals surface area contributed by atoms with Crippen molar-refractivity contribution in [3.8, 4) is 78.7 Å².